The van der Waals surface area contributed by atoms with Crippen LogP contribution in [-0.2, 0) is 12.8 Å². The van der Waals surface area contributed by atoms with Gasteiger partial charge in [-0.05, 0) is 57.4 Å². The van der Waals surface area contributed by atoms with Gasteiger partial charge in [0.1, 0.15) is 0 Å². The van der Waals surface area contributed by atoms with Crippen molar-refractivity contribution in [2.24, 2.45) is 5.73 Å². The molecule has 5 heteroatoms. The lowest BCUT2D eigenvalue weighted by molar-refractivity contribution is 0.0583. The first-order chi connectivity index (χ1) is 9.68. The topological polar surface area (TPSA) is 46.3 Å². The van der Waals surface area contributed by atoms with Crippen LogP contribution in [0, 0.1) is 0 Å². The summed E-state index contributed by atoms with van der Waals surface area (Å²) in [5, 5.41) is 2.09. The van der Waals surface area contributed by atoms with E-state index in [0.29, 0.717) is 0 Å². The highest BCUT2D eigenvalue weighted by molar-refractivity contribution is 7.10. The lowest BCUT2D eigenvalue weighted by atomic mass is 9.93. The first-order valence-electron chi connectivity index (χ1n) is 7.84. The number of nitrogens with zero attached hydrogens (tertiary/aromatic N) is 1. The Labute approximate surface area is 137 Å². The van der Waals surface area contributed by atoms with Crippen LogP contribution < -0.4 is 5.73 Å². The third kappa shape index (κ3) is 3.27. The molecule has 0 saturated carbocycles. The monoisotopic (exact) mass is 328 g/mol. The molecule has 2 atom stereocenters. The minimum Gasteiger partial charge on any atom is -0.334 e. The number of nitrogens with two attached hydrogens (primary N) is 1. The van der Waals surface area contributed by atoms with Crippen molar-refractivity contribution in [1.29, 1.82) is 0 Å². The highest BCUT2D eigenvalue weighted by Gasteiger charge is 2.32. The Hall–Kier alpha value is -0.580. The zero-order chi connectivity index (χ0) is 14.1. The largest absolute Gasteiger partial charge is 0.334 e. The molecule has 2 unspecified atom stereocenters. The Morgan fingerprint density at radius 1 is 1.33 bits per heavy atom. The molecule has 21 heavy (non-hydrogen) atoms. The summed E-state index contributed by atoms with van der Waals surface area (Å²) >= 11 is 1.78. The summed E-state index contributed by atoms with van der Waals surface area (Å²) in [5.41, 5.74) is 8.40. The van der Waals surface area contributed by atoms with Crippen molar-refractivity contribution in [3.63, 3.8) is 0 Å². The number of hydrogen-bond acceptors (Lipinski definition) is 3. The second kappa shape index (κ2) is 7.12. The van der Waals surface area contributed by atoms with Crippen LogP contribution in [-0.4, -0.2) is 29.4 Å². The predicted molar refractivity (Wildman–Crippen MR) is 90.5 cm³/mol. The Balaban J connectivity index is 0.00000161. The van der Waals surface area contributed by atoms with Crippen molar-refractivity contribution in [2.75, 3.05) is 6.54 Å². The van der Waals surface area contributed by atoms with Gasteiger partial charge in [-0.25, -0.2) is 0 Å². The van der Waals surface area contributed by atoms with Crippen molar-refractivity contribution >= 4 is 29.7 Å². The Kier molecular flexibility index (Phi) is 5.69. The van der Waals surface area contributed by atoms with Crippen LogP contribution in [0.2, 0.25) is 0 Å². The summed E-state index contributed by atoms with van der Waals surface area (Å²) in [6, 6.07) is 0.282. The molecule has 1 aromatic rings. The van der Waals surface area contributed by atoms with Gasteiger partial charge in [-0.3, -0.25) is 4.79 Å². The van der Waals surface area contributed by atoms with E-state index < -0.39 is 0 Å². The van der Waals surface area contributed by atoms with Crippen LogP contribution in [0.5, 0.6) is 0 Å². The number of aryl methyl sites for hydroxylation is 1. The number of rotatable bonds is 2. The van der Waals surface area contributed by atoms with Gasteiger partial charge < -0.3 is 10.6 Å². The van der Waals surface area contributed by atoms with E-state index in [0.717, 1.165) is 37.8 Å². The molecule has 0 radical (unpaired) electrons. The molecule has 2 aliphatic rings. The average Bonchev–Trinajstić information content (AvgIpc) is 2.90. The zero-order valence-corrected chi connectivity index (χ0v) is 14.3. The Morgan fingerprint density at radius 2 is 2.10 bits per heavy atom. The highest BCUT2D eigenvalue weighted by atomic mass is 35.5. The van der Waals surface area contributed by atoms with Crippen LogP contribution in [0.25, 0.3) is 0 Å². The van der Waals surface area contributed by atoms with E-state index in [1.54, 1.807) is 11.3 Å². The molecular formula is C16H25ClN2OS. The number of fused-ring (bicyclic) bond motifs is 1. The SMILES string of the molecule is CC(N)C1CCCCN1C(=O)c1csc2c1CCCC2.Cl. The number of likely N-dealkylation sites (tertiary alicyclic amines) is 1. The van der Waals surface area contributed by atoms with Gasteiger partial charge in [0.05, 0.1) is 5.56 Å². The van der Waals surface area contributed by atoms with Crippen molar-refractivity contribution in [1.82, 2.24) is 4.90 Å². The van der Waals surface area contributed by atoms with Crippen molar-refractivity contribution in [3.05, 3.63) is 21.4 Å². The van der Waals surface area contributed by atoms with Gasteiger partial charge in [-0.15, -0.1) is 23.7 Å². The highest BCUT2D eigenvalue weighted by Crippen LogP contribution is 2.32. The molecule has 3 nitrogen and oxygen atoms in total. The third-order valence-corrected chi connectivity index (χ3v) is 5.80. The Morgan fingerprint density at radius 3 is 2.86 bits per heavy atom. The second-order valence-corrected chi connectivity index (χ2v) is 7.14. The molecule has 1 saturated heterocycles. The van der Waals surface area contributed by atoms with Crippen LogP contribution in [0.3, 0.4) is 0 Å². The van der Waals surface area contributed by atoms with Gasteiger partial charge in [0.15, 0.2) is 0 Å². The van der Waals surface area contributed by atoms with Crippen LogP contribution in [0.4, 0.5) is 0 Å². The lowest BCUT2D eigenvalue weighted by Crippen LogP contribution is -2.51. The summed E-state index contributed by atoms with van der Waals surface area (Å²) in [6.45, 7) is 2.90. The molecule has 0 spiro atoms. The molecule has 1 aliphatic carbocycles. The van der Waals surface area contributed by atoms with Gasteiger partial charge in [0.2, 0.25) is 0 Å². The number of halogens is 1. The summed E-state index contributed by atoms with van der Waals surface area (Å²) in [7, 11) is 0. The molecule has 118 valence electrons. The van der Waals surface area contributed by atoms with Crippen molar-refractivity contribution < 1.29 is 4.79 Å². The number of amides is 1. The number of thiophene rings is 1. The standard InChI is InChI=1S/C16H24N2OS.ClH/c1-11(17)14-7-4-5-9-18(14)16(19)13-10-20-15-8-3-2-6-12(13)15;/h10-11,14H,2-9,17H2,1H3;1H. The normalized spacial score (nSPS) is 23.1. The fraction of sp³-hybridized carbons (Fsp3) is 0.688. The smallest absolute Gasteiger partial charge is 0.255 e. The third-order valence-electron chi connectivity index (χ3n) is 4.71. The molecule has 2 N–H and O–H groups in total. The fourth-order valence-corrected chi connectivity index (χ4v) is 4.70. The van der Waals surface area contributed by atoms with Gasteiger partial charge in [0, 0.05) is 28.9 Å². The van der Waals surface area contributed by atoms with E-state index in [1.807, 2.05) is 11.8 Å². The maximum Gasteiger partial charge on any atom is 0.255 e. The van der Waals surface area contributed by atoms with Crippen molar-refractivity contribution in [3.8, 4) is 0 Å². The first kappa shape index (κ1) is 16.8. The number of hydrogen-bond donors (Lipinski definition) is 1. The first-order valence-corrected chi connectivity index (χ1v) is 8.72. The average molecular weight is 329 g/mol. The summed E-state index contributed by atoms with van der Waals surface area (Å²) < 4.78 is 0. The van der Waals surface area contributed by atoms with E-state index in [9.17, 15) is 4.79 Å². The van der Waals surface area contributed by atoms with Crippen LogP contribution in [0.1, 0.15) is 59.8 Å². The van der Waals surface area contributed by atoms with Crippen molar-refractivity contribution in [2.45, 2.75) is 64.0 Å². The second-order valence-electron chi connectivity index (χ2n) is 6.18. The molecule has 0 aromatic carbocycles. The minimum absolute atomic E-state index is 0. The lowest BCUT2D eigenvalue weighted by Gasteiger charge is -2.38. The van der Waals surface area contributed by atoms with E-state index in [1.165, 1.54) is 29.7 Å². The molecule has 1 aliphatic heterocycles. The number of carbonyl (C=O) groups excluding carboxylic acids is 1. The van der Waals surface area contributed by atoms with Crippen LogP contribution in [0.15, 0.2) is 5.38 Å². The molecule has 3 rings (SSSR count). The Bertz CT molecular complexity index is 500. The zero-order valence-electron chi connectivity index (χ0n) is 12.6. The molecule has 1 fully saturated rings. The molecule has 1 amide bonds. The summed E-state index contributed by atoms with van der Waals surface area (Å²) in [6.07, 6.45) is 8.09. The predicted octanol–water partition coefficient (Wildman–Crippen LogP) is 3.39. The van der Waals surface area contributed by atoms with Gasteiger partial charge in [0.25, 0.3) is 5.91 Å². The quantitative estimate of drug-likeness (QED) is 0.904. The van der Waals surface area contributed by atoms with E-state index in [-0.39, 0.29) is 30.4 Å². The number of carbonyl (C=O) groups is 1. The van der Waals surface area contributed by atoms with E-state index >= 15 is 0 Å². The van der Waals surface area contributed by atoms with Crippen LogP contribution >= 0.6 is 23.7 Å². The van der Waals surface area contributed by atoms with E-state index in [2.05, 4.69) is 5.38 Å². The van der Waals surface area contributed by atoms with Gasteiger partial charge >= 0.3 is 0 Å². The summed E-state index contributed by atoms with van der Waals surface area (Å²) in [4.78, 5) is 16.4. The molecule has 1 aromatic heterocycles. The minimum atomic E-state index is 0. The summed E-state index contributed by atoms with van der Waals surface area (Å²) in [5.74, 6) is 0.228. The maximum atomic E-state index is 12.9. The number of piperidine rings is 1. The van der Waals surface area contributed by atoms with Gasteiger partial charge in [-0.2, -0.15) is 0 Å². The maximum absolute atomic E-state index is 12.9. The molecular weight excluding hydrogens is 304 g/mol. The van der Waals surface area contributed by atoms with Gasteiger partial charge in [-0.1, -0.05) is 0 Å². The fourth-order valence-electron chi connectivity index (χ4n) is 3.58. The molecule has 2 heterocycles. The molecule has 0 bridgehead atoms. The van der Waals surface area contributed by atoms with E-state index in [4.69, 9.17) is 5.73 Å².